The van der Waals surface area contributed by atoms with Gasteiger partial charge in [0.1, 0.15) is 5.75 Å². The topological polar surface area (TPSA) is 111 Å². The van der Waals surface area contributed by atoms with Crippen LogP contribution in [0.3, 0.4) is 0 Å². The second-order valence-corrected chi connectivity index (χ2v) is 8.02. The standard InChI is InChI=1S/C3H7NO5S2/c1-10(6,7)11(8,9)2-3(4)5/h2H2,1H3,(H2,4,5). The first-order chi connectivity index (χ1) is 4.67. The van der Waals surface area contributed by atoms with E-state index in [1.165, 1.54) is 0 Å². The Labute approximate surface area is 63.6 Å². The number of hydrogen-bond donors (Lipinski definition) is 1. The molecule has 0 bridgehead atoms. The van der Waals surface area contributed by atoms with E-state index < -0.39 is 29.4 Å². The highest BCUT2D eigenvalue weighted by atomic mass is 33.2. The second-order valence-electron chi connectivity index (χ2n) is 1.87. The zero-order valence-electron chi connectivity index (χ0n) is 5.64. The van der Waals surface area contributed by atoms with Gasteiger partial charge in [-0.3, -0.25) is 4.79 Å². The maximum Gasteiger partial charge on any atom is 0.262 e. The number of nitrogens with two attached hydrogens (primary N) is 1. The summed E-state index contributed by atoms with van der Waals surface area (Å²) in [4.78, 5) is 10.0. The average molecular weight is 201 g/mol. The molecule has 0 aliphatic carbocycles. The highest BCUT2D eigenvalue weighted by molar-refractivity contribution is 8.67. The Morgan fingerprint density at radius 2 is 1.64 bits per heavy atom. The van der Waals surface area contributed by atoms with E-state index in [1.54, 1.807) is 0 Å². The molecular weight excluding hydrogens is 194 g/mol. The Balaban J connectivity index is 4.96. The first-order valence-electron chi connectivity index (χ1n) is 2.38. The van der Waals surface area contributed by atoms with Gasteiger partial charge in [0.15, 0.2) is 0 Å². The van der Waals surface area contributed by atoms with Gasteiger partial charge in [-0.15, -0.1) is 0 Å². The van der Waals surface area contributed by atoms with Crippen molar-refractivity contribution in [1.82, 2.24) is 0 Å². The molecule has 0 unspecified atom stereocenters. The maximum atomic E-state index is 10.6. The Morgan fingerprint density at radius 1 is 1.27 bits per heavy atom. The monoisotopic (exact) mass is 201 g/mol. The van der Waals surface area contributed by atoms with Crippen molar-refractivity contribution in [2.24, 2.45) is 5.73 Å². The van der Waals surface area contributed by atoms with Crippen LogP contribution in [0.4, 0.5) is 0 Å². The van der Waals surface area contributed by atoms with Gasteiger partial charge >= 0.3 is 0 Å². The summed E-state index contributed by atoms with van der Waals surface area (Å²) >= 11 is 0. The normalized spacial score (nSPS) is 12.8. The highest BCUT2D eigenvalue weighted by Gasteiger charge is 2.26. The molecule has 0 fully saturated rings. The molecule has 2 N–H and O–H groups in total. The van der Waals surface area contributed by atoms with Gasteiger partial charge in [-0.2, -0.15) is 0 Å². The van der Waals surface area contributed by atoms with Crippen LogP contribution in [-0.2, 0) is 22.5 Å². The summed E-state index contributed by atoms with van der Waals surface area (Å²) in [6.07, 6.45) is 0.505. The van der Waals surface area contributed by atoms with E-state index in [-0.39, 0.29) is 0 Å². The Morgan fingerprint density at radius 3 is 1.73 bits per heavy atom. The summed E-state index contributed by atoms with van der Waals surface area (Å²) in [5.41, 5.74) is 4.49. The van der Waals surface area contributed by atoms with E-state index in [0.29, 0.717) is 6.26 Å². The van der Waals surface area contributed by atoms with E-state index in [1.807, 2.05) is 0 Å². The fraction of sp³-hybridized carbons (Fsp3) is 0.667. The summed E-state index contributed by atoms with van der Waals surface area (Å²) < 4.78 is 41.9. The van der Waals surface area contributed by atoms with Crippen molar-refractivity contribution in [1.29, 1.82) is 0 Å². The Hall–Kier alpha value is -0.630. The van der Waals surface area contributed by atoms with Crippen LogP contribution in [0, 0.1) is 0 Å². The summed E-state index contributed by atoms with van der Waals surface area (Å²) in [5.74, 6) is -2.35. The van der Waals surface area contributed by atoms with Gasteiger partial charge in [0.2, 0.25) is 5.91 Å². The summed E-state index contributed by atoms with van der Waals surface area (Å²) in [6, 6.07) is 0. The van der Waals surface area contributed by atoms with Crippen LogP contribution in [0.15, 0.2) is 0 Å². The minimum absolute atomic E-state index is 0.505. The van der Waals surface area contributed by atoms with E-state index in [4.69, 9.17) is 0 Å². The van der Waals surface area contributed by atoms with Crippen molar-refractivity contribution in [2.45, 2.75) is 0 Å². The molecule has 0 aliphatic heterocycles. The third-order valence-corrected chi connectivity index (χ3v) is 5.46. The zero-order valence-corrected chi connectivity index (χ0v) is 7.28. The molecule has 0 rings (SSSR count). The van der Waals surface area contributed by atoms with Gasteiger partial charge in [0.05, 0.1) is 6.26 Å². The molecule has 8 heteroatoms. The van der Waals surface area contributed by atoms with E-state index in [9.17, 15) is 21.6 Å². The van der Waals surface area contributed by atoms with Crippen LogP contribution in [0.2, 0.25) is 0 Å². The third kappa shape index (κ3) is 2.85. The molecule has 0 spiro atoms. The SMILES string of the molecule is CS(=O)(=O)S(=O)(=O)CC(N)=O. The summed E-state index contributed by atoms with van der Waals surface area (Å²) in [6.45, 7) is 0. The fourth-order valence-corrected chi connectivity index (χ4v) is 1.83. The molecule has 0 saturated carbocycles. The minimum Gasteiger partial charge on any atom is -0.369 e. The number of carbonyl (C=O) groups is 1. The number of amides is 1. The van der Waals surface area contributed by atoms with Crippen LogP contribution in [0.1, 0.15) is 0 Å². The van der Waals surface area contributed by atoms with Gasteiger partial charge in [0.25, 0.3) is 17.7 Å². The first kappa shape index (κ1) is 10.4. The zero-order chi connectivity index (χ0) is 9.28. The smallest absolute Gasteiger partial charge is 0.262 e. The highest BCUT2D eigenvalue weighted by Crippen LogP contribution is 1.98. The van der Waals surface area contributed by atoms with Crippen molar-refractivity contribution in [3.05, 3.63) is 0 Å². The lowest BCUT2D eigenvalue weighted by molar-refractivity contribution is -0.115. The van der Waals surface area contributed by atoms with Crippen molar-refractivity contribution in [3.63, 3.8) is 0 Å². The van der Waals surface area contributed by atoms with Crippen molar-refractivity contribution in [3.8, 4) is 0 Å². The van der Waals surface area contributed by atoms with Crippen molar-refractivity contribution < 1.29 is 21.6 Å². The third-order valence-electron chi connectivity index (χ3n) is 0.780. The molecule has 1 amide bonds. The van der Waals surface area contributed by atoms with Gasteiger partial charge in [0, 0.05) is 0 Å². The van der Waals surface area contributed by atoms with Crippen LogP contribution in [0.25, 0.3) is 0 Å². The molecule has 0 atom stereocenters. The molecular formula is C3H7NO5S2. The average Bonchev–Trinajstić information content (AvgIpc) is 1.56. The molecule has 0 aliphatic rings. The molecule has 0 aromatic heterocycles. The number of primary amides is 1. The largest absolute Gasteiger partial charge is 0.369 e. The van der Waals surface area contributed by atoms with Crippen molar-refractivity contribution in [2.75, 3.05) is 12.0 Å². The molecule has 6 nitrogen and oxygen atoms in total. The number of carbonyl (C=O) groups excluding carboxylic acids is 1. The van der Waals surface area contributed by atoms with E-state index in [0.717, 1.165) is 0 Å². The lowest BCUT2D eigenvalue weighted by atomic mass is 10.8. The second kappa shape index (κ2) is 2.78. The molecule has 66 valence electrons. The molecule has 0 heterocycles. The fourth-order valence-electron chi connectivity index (χ4n) is 0.281. The molecule has 0 aromatic rings. The Bertz CT molecular complexity index is 349. The molecule has 11 heavy (non-hydrogen) atoms. The Kier molecular flexibility index (Phi) is 2.62. The first-order valence-corrected chi connectivity index (χ1v) is 6.44. The molecule has 0 saturated heterocycles. The molecule has 0 radical (unpaired) electrons. The van der Waals surface area contributed by atoms with Gasteiger partial charge in [-0.25, -0.2) is 16.8 Å². The predicted molar refractivity (Wildman–Crippen MR) is 37.8 cm³/mol. The predicted octanol–water partition coefficient (Wildman–Crippen LogP) is -2.15. The van der Waals surface area contributed by atoms with Crippen LogP contribution in [-0.4, -0.2) is 34.8 Å². The lowest BCUT2D eigenvalue weighted by Crippen LogP contribution is -2.27. The lowest BCUT2D eigenvalue weighted by Gasteiger charge is -1.96. The van der Waals surface area contributed by atoms with E-state index in [2.05, 4.69) is 5.73 Å². The van der Waals surface area contributed by atoms with Crippen LogP contribution in [0.5, 0.6) is 0 Å². The number of hydrogen-bond acceptors (Lipinski definition) is 5. The quantitative estimate of drug-likeness (QED) is 0.523. The van der Waals surface area contributed by atoms with Gasteiger partial charge in [-0.05, 0) is 0 Å². The van der Waals surface area contributed by atoms with Crippen molar-refractivity contribution >= 4 is 23.6 Å². The number of rotatable bonds is 3. The summed E-state index contributed by atoms with van der Waals surface area (Å²) in [5, 5.41) is 0. The summed E-state index contributed by atoms with van der Waals surface area (Å²) in [7, 11) is -8.63. The minimum atomic E-state index is -4.40. The van der Waals surface area contributed by atoms with Crippen LogP contribution >= 0.6 is 0 Å². The van der Waals surface area contributed by atoms with E-state index >= 15 is 0 Å². The van der Waals surface area contributed by atoms with Crippen LogP contribution < -0.4 is 5.73 Å². The van der Waals surface area contributed by atoms with Gasteiger partial charge < -0.3 is 5.73 Å². The van der Waals surface area contributed by atoms with Gasteiger partial charge in [-0.1, -0.05) is 0 Å². The maximum absolute atomic E-state index is 10.6. The molecule has 0 aromatic carbocycles.